The number of benzene rings is 1. The van der Waals surface area contributed by atoms with Crippen molar-refractivity contribution in [1.29, 1.82) is 0 Å². The first kappa shape index (κ1) is 18.7. The van der Waals surface area contributed by atoms with Gasteiger partial charge in [-0.2, -0.15) is 0 Å². The molecule has 5 heteroatoms. The average Bonchev–Trinajstić information content (AvgIpc) is 3.38. The summed E-state index contributed by atoms with van der Waals surface area (Å²) in [4.78, 5) is 4.52. The predicted molar refractivity (Wildman–Crippen MR) is 96.8 cm³/mol. The Balaban J connectivity index is 2.03. The first-order chi connectivity index (χ1) is 11.5. The highest BCUT2D eigenvalue weighted by molar-refractivity contribution is 5.80. The summed E-state index contributed by atoms with van der Waals surface area (Å²) in [5.41, 5.74) is -0.106. The van der Waals surface area contributed by atoms with Gasteiger partial charge < -0.3 is 15.7 Å². The number of aliphatic hydroxyl groups is 1. The molecular formula is C19H30FN3O. The standard InChI is InChI=1S/C19H30FN3O/c1-4-19(24,5-2)14-23-17(21-6-3)22-13-18(11-12-18)15-9-7-8-10-16(15)20/h7-10,24H,4-6,11-14H2,1-3H3,(H2,21,22,23). The third-order valence-electron chi connectivity index (χ3n) is 5.08. The van der Waals surface area contributed by atoms with E-state index in [9.17, 15) is 9.50 Å². The van der Waals surface area contributed by atoms with Gasteiger partial charge in [0.05, 0.1) is 12.1 Å². The second-order valence-electron chi connectivity index (χ2n) is 6.74. The summed E-state index contributed by atoms with van der Waals surface area (Å²) >= 11 is 0. The first-order valence-electron chi connectivity index (χ1n) is 8.98. The van der Waals surface area contributed by atoms with Gasteiger partial charge in [-0.25, -0.2) is 4.39 Å². The summed E-state index contributed by atoms with van der Waals surface area (Å²) in [6.45, 7) is 7.70. The fraction of sp³-hybridized carbons (Fsp3) is 0.632. The molecule has 3 N–H and O–H groups in total. The molecule has 2 rings (SSSR count). The summed E-state index contributed by atoms with van der Waals surface area (Å²) < 4.78 is 14.1. The SMILES string of the molecule is CCNC(=NCC(O)(CC)CC)NCC1(c2ccccc2F)CC1. The molecule has 1 aliphatic rings. The second kappa shape index (κ2) is 7.97. The summed E-state index contributed by atoms with van der Waals surface area (Å²) in [6, 6.07) is 7.02. The van der Waals surface area contributed by atoms with Gasteiger partial charge in [0.1, 0.15) is 5.82 Å². The maximum Gasteiger partial charge on any atom is 0.191 e. The quantitative estimate of drug-likeness (QED) is 0.506. The van der Waals surface area contributed by atoms with E-state index in [-0.39, 0.29) is 11.2 Å². The number of halogens is 1. The molecular weight excluding hydrogens is 305 g/mol. The van der Waals surface area contributed by atoms with Gasteiger partial charge in [0.15, 0.2) is 5.96 Å². The van der Waals surface area contributed by atoms with Gasteiger partial charge in [0.25, 0.3) is 0 Å². The van der Waals surface area contributed by atoms with Crippen molar-refractivity contribution in [3.63, 3.8) is 0 Å². The molecule has 4 nitrogen and oxygen atoms in total. The Hall–Kier alpha value is -1.62. The number of nitrogens with one attached hydrogen (secondary N) is 2. The zero-order valence-corrected chi connectivity index (χ0v) is 15.0. The van der Waals surface area contributed by atoms with Crippen molar-refractivity contribution in [1.82, 2.24) is 10.6 Å². The summed E-state index contributed by atoms with van der Waals surface area (Å²) in [6.07, 6.45) is 3.31. The highest BCUT2D eigenvalue weighted by Crippen LogP contribution is 2.48. The summed E-state index contributed by atoms with van der Waals surface area (Å²) in [7, 11) is 0. The monoisotopic (exact) mass is 335 g/mol. The lowest BCUT2D eigenvalue weighted by Gasteiger charge is -2.24. The van der Waals surface area contributed by atoms with E-state index in [0.29, 0.717) is 31.9 Å². The molecule has 1 aliphatic carbocycles. The molecule has 0 amide bonds. The van der Waals surface area contributed by atoms with E-state index in [2.05, 4.69) is 15.6 Å². The van der Waals surface area contributed by atoms with Gasteiger partial charge >= 0.3 is 0 Å². The Morgan fingerprint density at radius 3 is 2.42 bits per heavy atom. The van der Waals surface area contributed by atoms with Crippen LogP contribution in [0.3, 0.4) is 0 Å². The molecule has 0 atom stereocenters. The number of rotatable bonds is 8. The Kier molecular flexibility index (Phi) is 6.21. The van der Waals surface area contributed by atoms with Crippen molar-refractivity contribution >= 4 is 5.96 Å². The lowest BCUT2D eigenvalue weighted by Crippen LogP contribution is -2.43. The molecule has 1 saturated carbocycles. The van der Waals surface area contributed by atoms with Gasteiger partial charge in [0.2, 0.25) is 0 Å². The molecule has 0 unspecified atom stereocenters. The molecule has 0 aromatic heterocycles. The Bertz CT molecular complexity index is 565. The van der Waals surface area contributed by atoms with Crippen LogP contribution in [0, 0.1) is 5.82 Å². The van der Waals surface area contributed by atoms with Gasteiger partial charge in [-0.1, -0.05) is 32.0 Å². The molecule has 1 fully saturated rings. The summed E-state index contributed by atoms with van der Waals surface area (Å²) in [5.74, 6) is 0.547. The molecule has 1 aromatic carbocycles. The van der Waals surface area contributed by atoms with Gasteiger partial charge in [-0.05, 0) is 44.2 Å². The van der Waals surface area contributed by atoms with Crippen LogP contribution in [0.1, 0.15) is 52.0 Å². The minimum Gasteiger partial charge on any atom is -0.388 e. The summed E-state index contributed by atoms with van der Waals surface area (Å²) in [5, 5.41) is 16.9. The van der Waals surface area contributed by atoms with Crippen LogP contribution in [-0.2, 0) is 5.41 Å². The minimum absolute atomic E-state index is 0.132. The normalized spacial score (nSPS) is 16.8. The average molecular weight is 335 g/mol. The van der Waals surface area contributed by atoms with Crippen LogP contribution in [0.2, 0.25) is 0 Å². The van der Waals surface area contributed by atoms with Crippen molar-refractivity contribution in [2.45, 2.75) is 57.5 Å². The smallest absolute Gasteiger partial charge is 0.191 e. The van der Waals surface area contributed by atoms with Gasteiger partial charge in [-0.15, -0.1) is 0 Å². The van der Waals surface area contributed by atoms with Gasteiger partial charge in [-0.3, -0.25) is 4.99 Å². The lowest BCUT2D eigenvalue weighted by atomic mass is 9.95. The number of guanidine groups is 1. The third-order valence-corrected chi connectivity index (χ3v) is 5.08. The minimum atomic E-state index is -0.759. The van der Waals surface area contributed by atoms with Crippen LogP contribution in [0.15, 0.2) is 29.3 Å². The van der Waals surface area contributed by atoms with Crippen LogP contribution in [0.25, 0.3) is 0 Å². The number of hydrogen-bond donors (Lipinski definition) is 3. The van der Waals surface area contributed by atoms with E-state index in [0.717, 1.165) is 24.9 Å². The van der Waals surface area contributed by atoms with E-state index in [4.69, 9.17) is 0 Å². The number of hydrogen-bond acceptors (Lipinski definition) is 2. The second-order valence-corrected chi connectivity index (χ2v) is 6.74. The van der Waals surface area contributed by atoms with E-state index >= 15 is 0 Å². The first-order valence-corrected chi connectivity index (χ1v) is 8.98. The fourth-order valence-corrected chi connectivity index (χ4v) is 2.88. The van der Waals surface area contributed by atoms with Crippen molar-refractivity contribution < 1.29 is 9.50 Å². The number of nitrogens with zero attached hydrogens (tertiary/aromatic N) is 1. The van der Waals surface area contributed by atoms with Crippen LogP contribution in [0.4, 0.5) is 4.39 Å². The fourth-order valence-electron chi connectivity index (χ4n) is 2.88. The van der Waals surface area contributed by atoms with Crippen molar-refractivity contribution in [2.75, 3.05) is 19.6 Å². The highest BCUT2D eigenvalue weighted by Gasteiger charge is 2.45. The predicted octanol–water partition coefficient (Wildman–Crippen LogP) is 2.96. The Morgan fingerprint density at radius 1 is 1.21 bits per heavy atom. The zero-order chi connectivity index (χ0) is 17.6. The van der Waals surface area contributed by atoms with Crippen molar-refractivity contribution in [2.24, 2.45) is 4.99 Å². The van der Waals surface area contributed by atoms with Crippen LogP contribution in [-0.4, -0.2) is 36.3 Å². The Labute approximate surface area is 144 Å². The lowest BCUT2D eigenvalue weighted by molar-refractivity contribution is 0.0418. The third kappa shape index (κ3) is 4.47. The van der Waals surface area contributed by atoms with E-state index < -0.39 is 5.60 Å². The van der Waals surface area contributed by atoms with Crippen LogP contribution >= 0.6 is 0 Å². The zero-order valence-electron chi connectivity index (χ0n) is 15.0. The van der Waals surface area contributed by atoms with Crippen LogP contribution in [0.5, 0.6) is 0 Å². The van der Waals surface area contributed by atoms with Crippen LogP contribution < -0.4 is 10.6 Å². The molecule has 24 heavy (non-hydrogen) atoms. The van der Waals surface area contributed by atoms with E-state index in [1.807, 2.05) is 32.9 Å². The maximum absolute atomic E-state index is 14.1. The molecule has 1 aromatic rings. The molecule has 0 radical (unpaired) electrons. The highest BCUT2D eigenvalue weighted by atomic mass is 19.1. The largest absolute Gasteiger partial charge is 0.388 e. The van der Waals surface area contributed by atoms with Gasteiger partial charge in [0, 0.05) is 18.5 Å². The molecule has 0 saturated heterocycles. The molecule has 0 aliphatic heterocycles. The van der Waals surface area contributed by atoms with Crippen molar-refractivity contribution in [3.8, 4) is 0 Å². The maximum atomic E-state index is 14.1. The molecule has 0 heterocycles. The number of aliphatic imine (C=N–C) groups is 1. The molecule has 0 bridgehead atoms. The molecule has 134 valence electrons. The topological polar surface area (TPSA) is 56.7 Å². The van der Waals surface area contributed by atoms with E-state index in [1.54, 1.807) is 6.07 Å². The Morgan fingerprint density at radius 2 is 1.88 bits per heavy atom. The molecule has 0 spiro atoms. The van der Waals surface area contributed by atoms with Crippen molar-refractivity contribution in [3.05, 3.63) is 35.6 Å². The van der Waals surface area contributed by atoms with E-state index in [1.165, 1.54) is 6.07 Å².